The maximum atomic E-state index is 12.7. The van der Waals surface area contributed by atoms with Gasteiger partial charge in [-0.1, -0.05) is 6.42 Å². The molecule has 3 heterocycles. The molecule has 1 aromatic heterocycles. The van der Waals surface area contributed by atoms with Gasteiger partial charge in [0.05, 0.1) is 31.1 Å². The van der Waals surface area contributed by atoms with E-state index in [2.05, 4.69) is 20.2 Å². The summed E-state index contributed by atoms with van der Waals surface area (Å²) in [6.07, 6.45) is -2.31. The zero-order chi connectivity index (χ0) is 18.7. The number of likely N-dealkylation sites (tertiary alicyclic amines) is 1. The lowest BCUT2D eigenvalue weighted by Crippen LogP contribution is -2.58. The van der Waals surface area contributed by atoms with Gasteiger partial charge in [-0.2, -0.15) is 13.2 Å². The average molecular weight is 376 g/mol. The van der Waals surface area contributed by atoms with E-state index in [4.69, 9.17) is 4.74 Å². The van der Waals surface area contributed by atoms with E-state index in [0.717, 1.165) is 32.1 Å². The lowest BCUT2D eigenvalue weighted by atomic mass is 9.97. The zero-order valence-corrected chi connectivity index (χ0v) is 14.2. The smallest absolute Gasteiger partial charge is 0.388 e. The maximum Gasteiger partial charge on any atom is 0.434 e. The number of nitrogens with zero attached hydrogens (tertiary/aromatic N) is 3. The van der Waals surface area contributed by atoms with Crippen LogP contribution in [0.1, 0.15) is 25.0 Å². The van der Waals surface area contributed by atoms with Gasteiger partial charge in [-0.3, -0.25) is 4.98 Å². The van der Waals surface area contributed by atoms with Crippen LogP contribution in [0.15, 0.2) is 12.4 Å². The van der Waals surface area contributed by atoms with Crippen molar-refractivity contribution in [1.82, 2.24) is 14.9 Å². The molecule has 0 aliphatic carbocycles. The van der Waals surface area contributed by atoms with Crippen LogP contribution in [-0.4, -0.2) is 75.7 Å². The first-order valence-corrected chi connectivity index (χ1v) is 8.70. The van der Waals surface area contributed by atoms with Gasteiger partial charge in [-0.05, 0) is 25.9 Å². The summed E-state index contributed by atoms with van der Waals surface area (Å²) < 4.78 is 43.8. The summed E-state index contributed by atoms with van der Waals surface area (Å²) in [5, 5.41) is 23.4. The molecule has 0 saturated carbocycles. The Morgan fingerprint density at radius 1 is 1.15 bits per heavy atom. The van der Waals surface area contributed by atoms with E-state index in [1.807, 2.05) is 0 Å². The van der Waals surface area contributed by atoms with Crippen molar-refractivity contribution in [1.29, 1.82) is 0 Å². The third-order valence-electron chi connectivity index (χ3n) is 4.78. The van der Waals surface area contributed by atoms with E-state index in [9.17, 15) is 23.4 Å². The van der Waals surface area contributed by atoms with Crippen molar-refractivity contribution in [3.05, 3.63) is 18.1 Å². The second kappa shape index (κ2) is 8.03. The molecule has 0 aromatic carbocycles. The second-order valence-corrected chi connectivity index (χ2v) is 6.75. The number of aliphatic hydroxyl groups excluding tert-OH is 2. The highest BCUT2D eigenvalue weighted by Crippen LogP contribution is 2.28. The van der Waals surface area contributed by atoms with Gasteiger partial charge < -0.3 is 25.2 Å². The van der Waals surface area contributed by atoms with Crippen LogP contribution in [0.4, 0.5) is 19.0 Å². The second-order valence-electron chi connectivity index (χ2n) is 6.75. The minimum absolute atomic E-state index is 0.0503. The van der Waals surface area contributed by atoms with E-state index in [1.165, 1.54) is 6.42 Å². The number of hydrogen-bond donors (Lipinski definition) is 3. The highest BCUT2D eigenvalue weighted by Gasteiger charge is 2.40. The summed E-state index contributed by atoms with van der Waals surface area (Å²) in [6.45, 7) is 2.44. The molecule has 0 radical (unpaired) electrons. The van der Waals surface area contributed by atoms with E-state index in [1.54, 1.807) is 0 Å². The highest BCUT2D eigenvalue weighted by atomic mass is 19.4. The summed E-state index contributed by atoms with van der Waals surface area (Å²) in [4.78, 5) is 9.16. The number of nitrogens with one attached hydrogen (secondary N) is 1. The molecule has 2 fully saturated rings. The van der Waals surface area contributed by atoms with E-state index >= 15 is 0 Å². The number of anilines is 1. The van der Waals surface area contributed by atoms with Gasteiger partial charge in [0.1, 0.15) is 18.0 Å². The fraction of sp³-hybridized carbons (Fsp3) is 0.750. The van der Waals surface area contributed by atoms with Gasteiger partial charge in [-0.15, -0.1) is 0 Å². The fourth-order valence-electron chi connectivity index (χ4n) is 3.33. The Kier molecular flexibility index (Phi) is 5.96. The lowest BCUT2D eigenvalue weighted by Gasteiger charge is -2.40. The van der Waals surface area contributed by atoms with Crippen LogP contribution in [0.3, 0.4) is 0 Å². The largest absolute Gasteiger partial charge is 0.434 e. The third-order valence-corrected chi connectivity index (χ3v) is 4.78. The third kappa shape index (κ3) is 4.61. The first kappa shape index (κ1) is 19.3. The van der Waals surface area contributed by atoms with Gasteiger partial charge in [0.15, 0.2) is 5.69 Å². The molecule has 0 amide bonds. The SMILES string of the molecule is O[C@@H]1[C@H](O)[C@@H](Nc2cncc(C(F)(F)F)n2)CO[C@@H]1CN1CCCCC1. The first-order valence-electron chi connectivity index (χ1n) is 8.70. The molecule has 4 atom stereocenters. The van der Waals surface area contributed by atoms with Crippen LogP contribution < -0.4 is 5.32 Å². The normalized spacial score (nSPS) is 31.0. The van der Waals surface area contributed by atoms with Gasteiger partial charge in [0.2, 0.25) is 0 Å². The predicted octanol–water partition coefficient (Wildman–Crippen LogP) is 0.882. The van der Waals surface area contributed by atoms with Crippen molar-refractivity contribution in [3.8, 4) is 0 Å². The summed E-state index contributed by atoms with van der Waals surface area (Å²) in [7, 11) is 0. The molecule has 2 aliphatic rings. The molecule has 7 nitrogen and oxygen atoms in total. The molecule has 2 saturated heterocycles. The molecule has 2 aliphatic heterocycles. The van der Waals surface area contributed by atoms with Crippen molar-refractivity contribution in [2.24, 2.45) is 0 Å². The van der Waals surface area contributed by atoms with Crippen molar-refractivity contribution in [2.45, 2.75) is 49.8 Å². The number of aromatic nitrogens is 2. The van der Waals surface area contributed by atoms with Crippen LogP contribution >= 0.6 is 0 Å². The van der Waals surface area contributed by atoms with E-state index in [-0.39, 0.29) is 12.4 Å². The van der Waals surface area contributed by atoms with E-state index in [0.29, 0.717) is 12.7 Å². The molecule has 10 heteroatoms. The van der Waals surface area contributed by atoms with Crippen molar-refractivity contribution >= 4 is 5.82 Å². The van der Waals surface area contributed by atoms with Crippen molar-refractivity contribution < 1.29 is 28.1 Å². The monoisotopic (exact) mass is 376 g/mol. The van der Waals surface area contributed by atoms with Crippen molar-refractivity contribution in [2.75, 3.05) is 31.6 Å². The predicted molar refractivity (Wildman–Crippen MR) is 86.5 cm³/mol. The molecular weight excluding hydrogens is 353 g/mol. The van der Waals surface area contributed by atoms with Gasteiger partial charge in [-0.25, -0.2) is 4.98 Å². The van der Waals surface area contributed by atoms with E-state index < -0.39 is 36.2 Å². The molecule has 0 spiro atoms. The minimum Gasteiger partial charge on any atom is -0.388 e. The summed E-state index contributed by atoms with van der Waals surface area (Å²) >= 11 is 0. The zero-order valence-electron chi connectivity index (χ0n) is 14.2. The van der Waals surface area contributed by atoms with Crippen LogP contribution in [-0.2, 0) is 10.9 Å². The Hall–Kier alpha value is -1.49. The number of hydrogen-bond acceptors (Lipinski definition) is 7. The summed E-state index contributed by atoms with van der Waals surface area (Å²) in [5.41, 5.74) is -1.13. The number of halogens is 3. The molecule has 3 N–H and O–H groups in total. The topological polar surface area (TPSA) is 90.7 Å². The number of rotatable bonds is 4. The number of ether oxygens (including phenoxy) is 1. The molecular formula is C16H23F3N4O3. The molecule has 3 rings (SSSR count). The Bertz CT molecular complexity index is 598. The van der Waals surface area contributed by atoms with Gasteiger partial charge >= 0.3 is 6.18 Å². The summed E-state index contributed by atoms with van der Waals surface area (Å²) in [5.74, 6) is -0.130. The minimum atomic E-state index is -4.61. The maximum absolute atomic E-state index is 12.7. The van der Waals surface area contributed by atoms with Crippen LogP contribution in [0.5, 0.6) is 0 Å². The average Bonchev–Trinajstić information content (AvgIpc) is 2.62. The molecule has 1 aromatic rings. The van der Waals surface area contributed by atoms with Gasteiger partial charge in [0, 0.05) is 6.54 Å². The number of alkyl halides is 3. The molecule has 0 bridgehead atoms. The summed E-state index contributed by atoms with van der Waals surface area (Å²) in [6, 6.07) is -0.777. The van der Waals surface area contributed by atoms with Crippen LogP contribution in [0.25, 0.3) is 0 Å². The first-order chi connectivity index (χ1) is 12.3. The number of aliphatic hydroxyl groups is 2. The quantitative estimate of drug-likeness (QED) is 0.719. The lowest BCUT2D eigenvalue weighted by molar-refractivity contribution is -0.147. The Morgan fingerprint density at radius 3 is 2.58 bits per heavy atom. The highest BCUT2D eigenvalue weighted by molar-refractivity contribution is 5.34. The Labute approximate surface area is 149 Å². The standard InChI is InChI=1S/C16H23F3N4O3/c17-16(18,19)12-6-20-7-13(22-12)21-10-9-26-11(15(25)14(10)24)8-23-4-2-1-3-5-23/h6-7,10-11,14-15,24-25H,1-5,8-9H2,(H,21,22)/t10-,11+,14+,15-/m0/s1. The number of piperidine rings is 1. The molecule has 146 valence electrons. The Morgan fingerprint density at radius 2 is 1.88 bits per heavy atom. The van der Waals surface area contributed by atoms with Crippen LogP contribution in [0.2, 0.25) is 0 Å². The molecule has 0 unspecified atom stereocenters. The Balaban J connectivity index is 1.59. The fourth-order valence-corrected chi connectivity index (χ4v) is 3.33. The van der Waals surface area contributed by atoms with Gasteiger partial charge in [0.25, 0.3) is 0 Å². The van der Waals surface area contributed by atoms with Crippen molar-refractivity contribution in [3.63, 3.8) is 0 Å². The molecule has 26 heavy (non-hydrogen) atoms. The van der Waals surface area contributed by atoms with Crippen LogP contribution in [0, 0.1) is 0 Å².